The van der Waals surface area contributed by atoms with E-state index in [4.69, 9.17) is 18.8 Å². The Hall–Kier alpha value is -2.79. The van der Waals surface area contributed by atoms with Gasteiger partial charge < -0.3 is 19.9 Å². The summed E-state index contributed by atoms with van der Waals surface area (Å²) in [6.45, 7) is 11.0. The van der Waals surface area contributed by atoms with Crippen LogP contribution >= 0.6 is 0 Å². The van der Waals surface area contributed by atoms with Crippen LogP contribution in [0, 0.1) is 6.92 Å². The summed E-state index contributed by atoms with van der Waals surface area (Å²) in [5.74, 6) is -1.24. The summed E-state index contributed by atoms with van der Waals surface area (Å²) < 4.78 is 39.5. The number of aliphatic hydroxyl groups is 1. The first-order valence-corrected chi connectivity index (χ1v) is 12.8. The molecule has 0 aliphatic carbocycles. The number of nitrogens with one attached hydrogen (secondary N) is 1. The molecule has 2 N–H and O–H groups in total. The minimum atomic E-state index is -3.78. The molecule has 2 aromatic carbocycles. The van der Waals surface area contributed by atoms with Crippen molar-refractivity contribution in [1.82, 2.24) is 5.32 Å². The van der Waals surface area contributed by atoms with E-state index in [1.807, 2.05) is 27.7 Å². The van der Waals surface area contributed by atoms with Crippen LogP contribution in [-0.4, -0.2) is 50.4 Å². The highest BCUT2D eigenvalue weighted by Gasteiger charge is 2.23. The lowest BCUT2D eigenvalue weighted by atomic mass is 10.1. The molecule has 0 saturated carbocycles. The van der Waals surface area contributed by atoms with Crippen molar-refractivity contribution in [1.29, 1.82) is 0 Å². The van der Waals surface area contributed by atoms with Gasteiger partial charge in [0, 0.05) is 25.6 Å². The van der Waals surface area contributed by atoms with Crippen LogP contribution in [0.25, 0.3) is 0 Å². The van der Waals surface area contributed by atoms with Crippen molar-refractivity contribution in [2.24, 2.45) is 0 Å². The molecule has 0 aromatic heterocycles. The average molecular weight is 510 g/mol. The maximum Gasteiger partial charge on any atom is 0.343 e. The molecule has 0 heterocycles. The fourth-order valence-corrected chi connectivity index (χ4v) is 3.31. The molecule has 10 heteroatoms. The van der Waals surface area contributed by atoms with E-state index in [0.717, 1.165) is 11.8 Å². The first-order valence-electron chi connectivity index (χ1n) is 11.0. The summed E-state index contributed by atoms with van der Waals surface area (Å²) in [7, 11) is -3.78. The molecule has 0 fully saturated rings. The van der Waals surface area contributed by atoms with E-state index in [9.17, 15) is 18.0 Å². The molecule has 9 nitrogen and oxygen atoms in total. The van der Waals surface area contributed by atoms with Crippen molar-refractivity contribution in [3.05, 3.63) is 59.2 Å². The van der Waals surface area contributed by atoms with E-state index < -0.39 is 28.2 Å². The predicted octanol–water partition coefficient (Wildman–Crippen LogP) is 3.54. The van der Waals surface area contributed by atoms with Crippen molar-refractivity contribution in [2.45, 2.75) is 53.2 Å². The first kappa shape index (κ1) is 30.2. The Morgan fingerprint density at radius 3 is 2.09 bits per heavy atom. The molecular formula is C25H35NO8S. The Balaban J connectivity index is 0.00000194. The van der Waals surface area contributed by atoms with E-state index in [1.165, 1.54) is 19.1 Å². The Labute approximate surface area is 207 Å². The van der Waals surface area contributed by atoms with Gasteiger partial charge in [-0.15, -0.1) is 0 Å². The standard InChI is InChI=1S/C23H29NO7S.C2H6O/c1-15-7-9-17(10-8-15)22(26)30-19-12-11-18(13-20(19)29-16(2)25)21(31-32(6,27)28)14-24-23(3,4)5;1-2-3/h7-13,21,24H,14H2,1-6H3;3H,2H2,1H3. The highest BCUT2D eigenvalue weighted by molar-refractivity contribution is 7.86. The van der Waals surface area contributed by atoms with Gasteiger partial charge in [-0.3, -0.25) is 8.98 Å². The van der Waals surface area contributed by atoms with Crippen LogP contribution < -0.4 is 14.8 Å². The maximum absolute atomic E-state index is 12.5. The molecule has 35 heavy (non-hydrogen) atoms. The second-order valence-electron chi connectivity index (χ2n) is 8.79. The summed E-state index contributed by atoms with van der Waals surface area (Å²) in [5.41, 5.74) is 1.47. The van der Waals surface area contributed by atoms with Crippen molar-refractivity contribution in [3.63, 3.8) is 0 Å². The SMILES string of the molecule is CC(=O)Oc1cc(C(CNC(C)(C)C)OS(C)(=O)=O)ccc1OC(=O)c1ccc(C)cc1.CCO. The summed E-state index contributed by atoms with van der Waals surface area (Å²) in [4.78, 5) is 24.1. The van der Waals surface area contributed by atoms with Crippen molar-refractivity contribution in [3.8, 4) is 11.5 Å². The van der Waals surface area contributed by atoms with Gasteiger partial charge >= 0.3 is 11.9 Å². The van der Waals surface area contributed by atoms with Crippen LogP contribution in [0.4, 0.5) is 0 Å². The quantitative estimate of drug-likeness (QED) is 0.312. The Morgan fingerprint density at radius 1 is 1.03 bits per heavy atom. The van der Waals surface area contributed by atoms with Gasteiger partial charge in [0.1, 0.15) is 6.10 Å². The number of hydrogen-bond donors (Lipinski definition) is 2. The number of hydrogen-bond acceptors (Lipinski definition) is 9. The number of esters is 2. The zero-order valence-corrected chi connectivity index (χ0v) is 22.1. The lowest BCUT2D eigenvalue weighted by molar-refractivity contribution is -0.132. The van der Waals surface area contributed by atoms with E-state index in [2.05, 4.69) is 5.32 Å². The Bertz CT molecular complexity index is 1090. The smallest absolute Gasteiger partial charge is 0.343 e. The molecule has 194 valence electrons. The molecule has 0 amide bonds. The van der Waals surface area contributed by atoms with Crippen LogP contribution in [0.2, 0.25) is 0 Å². The number of benzene rings is 2. The third-order valence-electron chi connectivity index (χ3n) is 4.19. The van der Waals surface area contributed by atoms with Crippen LogP contribution in [0.5, 0.6) is 11.5 Å². The minimum Gasteiger partial charge on any atom is -0.423 e. The molecular weight excluding hydrogens is 474 g/mol. The number of carbonyl (C=O) groups excluding carboxylic acids is 2. The second-order valence-corrected chi connectivity index (χ2v) is 10.4. The second kappa shape index (κ2) is 13.3. The van der Waals surface area contributed by atoms with Gasteiger partial charge in [-0.1, -0.05) is 23.8 Å². The van der Waals surface area contributed by atoms with E-state index in [1.54, 1.807) is 37.3 Å². The molecule has 1 atom stereocenters. The van der Waals surface area contributed by atoms with Crippen LogP contribution in [0.3, 0.4) is 0 Å². The lowest BCUT2D eigenvalue weighted by Crippen LogP contribution is -2.39. The van der Waals surface area contributed by atoms with E-state index >= 15 is 0 Å². The monoisotopic (exact) mass is 509 g/mol. The number of rotatable bonds is 8. The molecule has 2 aromatic rings. The number of ether oxygens (including phenoxy) is 2. The summed E-state index contributed by atoms with van der Waals surface area (Å²) in [6, 6.07) is 11.3. The number of aliphatic hydroxyl groups excluding tert-OH is 1. The fourth-order valence-electron chi connectivity index (χ4n) is 2.71. The maximum atomic E-state index is 12.5. The zero-order valence-electron chi connectivity index (χ0n) is 21.2. The third-order valence-corrected chi connectivity index (χ3v) is 4.77. The fraction of sp³-hybridized carbons (Fsp3) is 0.440. The number of carbonyl (C=O) groups is 2. The lowest BCUT2D eigenvalue weighted by Gasteiger charge is -2.25. The first-order chi connectivity index (χ1) is 16.1. The summed E-state index contributed by atoms with van der Waals surface area (Å²) in [5, 5.41) is 10.8. The summed E-state index contributed by atoms with van der Waals surface area (Å²) >= 11 is 0. The van der Waals surface area contributed by atoms with Gasteiger partial charge in [0.2, 0.25) is 0 Å². The topological polar surface area (TPSA) is 128 Å². The van der Waals surface area contributed by atoms with Crippen LogP contribution in [0.1, 0.15) is 62.2 Å². The van der Waals surface area contributed by atoms with E-state index in [-0.39, 0.29) is 30.2 Å². The predicted molar refractivity (Wildman–Crippen MR) is 133 cm³/mol. The molecule has 0 aliphatic rings. The van der Waals surface area contributed by atoms with Gasteiger partial charge in [0.15, 0.2) is 11.5 Å². The molecule has 0 aliphatic heterocycles. The molecule has 0 saturated heterocycles. The van der Waals surface area contributed by atoms with Gasteiger partial charge in [-0.05, 0) is 64.4 Å². The summed E-state index contributed by atoms with van der Waals surface area (Å²) in [6.07, 6.45) is 0.0716. The largest absolute Gasteiger partial charge is 0.423 e. The van der Waals surface area contributed by atoms with Crippen LogP contribution in [0.15, 0.2) is 42.5 Å². The van der Waals surface area contributed by atoms with Crippen LogP contribution in [-0.2, 0) is 19.1 Å². The molecule has 0 spiro atoms. The molecule has 0 bridgehead atoms. The highest BCUT2D eigenvalue weighted by atomic mass is 32.2. The Morgan fingerprint density at radius 2 is 1.60 bits per heavy atom. The van der Waals surface area contributed by atoms with Crippen molar-refractivity contribution in [2.75, 3.05) is 19.4 Å². The number of aryl methyl sites for hydroxylation is 1. The van der Waals surface area contributed by atoms with Crippen molar-refractivity contribution < 1.29 is 36.8 Å². The highest BCUT2D eigenvalue weighted by Crippen LogP contribution is 2.33. The van der Waals surface area contributed by atoms with Gasteiger partial charge in [0.05, 0.1) is 11.8 Å². The van der Waals surface area contributed by atoms with Crippen molar-refractivity contribution >= 4 is 22.1 Å². The Kier molecular flexibility index (Phi) is 11.5. The minimum absolute atomic E-state index is 0.0201. The van der Waals surface area contributed by atoms with Gasteiger partial charge in [-0.25, -0.2) is 4.79 Å². The average Bonchev–Trinajstić information content (AvgIpc) is 2.71. The van der Waals surface area contributed by atoms with Gasteiger partial charge in [-0.2, -0.15) is 8.42 Å². The van der Waals surface area contributed by atoms with Gasteiger partial charge in [0.25, 0.3) is 10.1 Å². The molecule has 1 unspecified atom stereocenters. The zero-order chi connectivity index (χ0) is 26.8. The normalized spacial score (nSPS) is 12.2. The molecule has 0 radical (unpaired) electrons. The van der Waals surface area contributed by atoms with E-state index in [0.29, 0.717) is 11.1 Å². The third kappa shape index (κ3) is 11.9. The molecule has 2 rings (SSSR count).